The highest BCUT2D eigenvalue weighted by molar-refractivity contribution is 6.30. The third-order valence-electron chi connectivity index (χ3n) is 3.77. The van der Waals surface area contributed by atoms with Gasteiger partial charge in [-0.1, -0.05) is 11.6 Å². The lowest BCUT2D eigenvalue weighted by Gasteiger charge is -2.13. The van der Waals surface area contributed by atoms with E-state index in [1.807, 2.05) is 20.2 Å². The monoisotopic (exact) mass is 349 g/mol. The Labute approximate surface area is 146 Å². The summed E-state index contributed by atoms with van der Waals surface area (Å²) in [5.41, 5.74) is 1.30. The van der Waals surface area contributed by atoms with Crippen LogP contribution < -0.4 is 10.6 Å². The van der Waals surface area contributed by atoms with E-state index in [1.165, 1.54) is 12.1 Å². The summed E-state index contributed by atoms with van der Waals surface area (Å²) in [6.45, 7) is 1.62. The standard InChI is InChI=1S/C17H21ClFN5/c1-24(2)8-7-20-17-22-14(11-3-4-11)10-16(23-17)21-15-9-12(18)5-6-13(15)19/h5-6,9-11H,3-4,7-8H2,1-2H3,(H2,20,21,22,23). The molecule has 1 fully saturated rings. The zero-order valence-corrected chi connectivity index (χ0v) is 14.6. The first kappa shape index (κ1) is 16.9. The third-order valence-corrected chi connectivity index (χ3v) is 4.01. The van der Waals surface area contributed by atoms with E-state index in [2.05, 4.69) is 25.5 Å². The molecule has 2 aromatic rings. The highest BCUT2D eigenvalue weighted by Crippen LogP contribution is 2.40. The van der Waals surface area contributed by atoms with E-state index in [0.29, 0.717) is 28.4 Å². The van der Waals surface area contributed by atoms with E-state index in [0.717, 1.165) is 31.6 Å². The molecule has 24 heavy (non-hydrogen) atoms. The van der Waals surface area contributed by atoms with Gasteiger partial charge in [-0.05, 0) is 45.1 Å². The van der Waals surface area contributed by atoms with Crippen molar-refractivity contribution in [3.05, 3.63) is 40.8 Å². The van der Waals surface area contributed by atoms with Gasteiger partial charge in [0.2, 0.25) is 5.95 Å². The Balaban J connectivity index is 1.80. The zero-order valence-electron chi connectivity index (χ0n) is 13.8. The number of anilines is 3. The van der Waals surface area contributed by atoms with Crippen molar-refractivity contribution < 1.29 is 4.39 Å². The van der Waals surface area contributed by atoms with Crippen LogP contribution in [0.15, 0.2) is 24.3 Å². The fraction of sp³-hybridized carbons (Fsp3) is 0.412. The lowest BCUT2D eigenvalue weighted by Crippen LogP contribution is -2.21. The van der Waals surface area contributed by atoms with Crippen molar-refractivity contribution >= 4 is 29.1 Å². The van der Waals surface area contributed by atoms with Gasteiger partial charge in [-0.25, -0.2) is 9.37 Å². The zero-order chi connectivity index (χ0) is 17.1. The molecule has 0 spiro atoms. The summed E-state index contributed by atoms with van der Waals surface area (Å²) in [5, 5.41) is 6.71. The number of nitrogens with one attached hydrogen (secondary N) is 2. The molecular formula is C17H21ClFN5. The minimum Gasteiger partial charge on any atom is -0.353 e. The van der Waals surface area contributed by atoms with Gasteiger partial charge in [0.25, 0.3) is 0 Å². The number of rotatable bonds is 7. The molecule has 2 N–H and O–H groups in total. The topological polar surface area (TPSA) is 53.1 Å². The van der Waals surface area contributed by atoms with Gasteiger partial charge in [-0.15, -0.1) is 0 Å². The number of aromatic nitrogens is 2. The highest BCUT2D eigenvalue weighted by Gasteiger charge is 2.26. The van der Waals surface area contributed by atoms with Crippen molar-refractivity contribution in [1.29, 1.82) is 0 Å². The lowest BCUT2D eigenvalue weighted by atomic mass is 10.2. The van der Waals surface area contributed by atoms with E-state index in [-0.39, 0.29) is 5.82 Å². The number of nitrogens with zero attached hydrogens (tertiary/aromatic N) is 3. The van der Waals surface area contributed by atoms with Gasteiger partial charge in [0.05, 0.1) is 11.4 Å². The molecule has 7 heteroatoms. The molecule has 0 radical (unpaired) electrons. The molecule has 1 aliphatic carbocycles. The summed E-state index contributed by atoms with van der Waals surface area (Å²) in [4.78, 5) is 11.1. The maximum Gasteiger partial charge on any atom is 0.224 e. The molecule has 0 amide bonds. The van der Waals surface area contributed by atoms with Gasteiger partial charge >= 0.3 is 0 Å². The summed E-state index contributed by atoms with van der Waals surface area (Å²) in [6.07, 6.45) is 2.28. The number of hydrogen-bond donors (Lipinski definition) is 2. The number of likely N-dealkylation sites (N-methyl/N-ethyl adjacent to an activating group) is 1. The third kappa shape index (κ3) is 4.55. The summed E-state index contributed by atoms with van der Waals surface area (Å²) >= 11 is 5.95. The van der Waals surface area contributed by atoms with Crippen molar-refractivity contribution in [3.63, 3.8) is 0 Å². The fourth-order valence-electron chi connectivity index (χ4n) is 2.32. The Hall–Kier alpha value is -1.92. The second-order valence-electron chi connectivity index (χ2n) is 6.26. The highest BCUT2D eigenvalue weighted by atomic mass is 35.5. The van der Waals surface area contributed by atoms with Crippen LogP contribution >= 0.6 is 11.6 Å². The van der Waals surface area contributed by atoms with E-state index < -0.39 is 0 Å². The van der Waals surface area contributed by atoms with Gasteiger partial charge in [-0.3, -0.25) is 0 Å². The molecule has 0 unspecified atom stereocenters. The largest absolute Gasteiger partial charge is 0.353 e. The van der Waals surface area contributed by atoms with E-state index >= 15 is 0 Å². The SMILES string of the molecule is CN(C)CCNc1nc(Nc2cc(Cl)ccc2F)cc(C2CC2)n1. The average molecular weight is 350 g/mol. The van der Waals surface area contributed by atoms with Crippen LogP contribution in [0.2, 0.25) is 5.02 Å². The molecule has 0 saturated heterocycles. The molecule has 1 aromatic carbocycles. The quantitative estimate of drug-likeness (QED) is 0.794. The first-order valence-corrected chi connectivity index (χ1v) is 8.39. The molecule has 1 heterocycles. The summed E-state index contributed by atoms with van der Waals surface area (Å²) in [6, 6.07) is 6.29. The van der Waals surface area contributed by atoms with Crippen LogP contribution in [0.25, 0.3) is 0 Å². The predicted octanol–water partition coefficient (Wildman–Crippen LogP) is 3.86. The van der Waals surface area contributed by atoms with Crippen molar-refractivity contribution in [2.75, 3.05) is 37.8 Å². The molecule has 0 bridgehead atoms. The number of halogens is 2. The van der Waals surface area contributed by atoms with Gasteiger partial charge < -0.3 is 15.5 Å². The Bertz CT molecular complexity index is 718. The normalized spacial score (nSPS) is 14.0. The van der Waals surface area contributed by atoms with Crippen LogP contribution in [0.4, 0.5) is 21.8 Å². The molecular weight excluding hydrogens is 329 g/mol. The van der Waals surface area contributed by atoms with E-state index in [9.17, 15) is 4.39 Å². The maximum atomic E-state index is 13.9. The second kappa shape index (κ2) is 7.32. The molecule has 3 rings (SSSR count). The van der Waals surface area contributed by atoms with Crippen LogP contribution in [0.5, 0.6) is 0 Å². The first-order chi connectivity index (χ1) is 11.5. The van der Waals surface area contributed by atoms with Gasteiger partial charge in [0.1, 0.15) is 11.6 Å². The number of hydrogen-bond acceptors (Lipinski definition) is 5. The van der Waals surface area contributed by atoms with Gasteiger partial charge in [0, 0.05) is 30.1 Å². The summed E-state index contributed by atoms with van der Waals surface area (Å²) < 4.78 is 13.9. The first-order valence-electron chi connectivity index (χ1n) is 8.01. The van der Waals surface area contributed by atoms with E-state index in [4.69, 9.17) is 11.6 Å². The molecule has 1 saturated carbocycles. The van der Waals surface area contributed by atoms with Crippen LogP contribution in [0.1, 0.15) is 24.5 Å². The van der Waals surface area contributed by atoms with E-state index in [1.54, 1.807) is 6.07 Å². The molecule has 0 aliphatic heterocycles. The molecule has 0 atom stereocenters. The predicted molar refractivity (Wildman–Crippen MR) is 95.7 cm³/mol. The van der Waals surface area contributed by atoms with Gasteiger partial charge in [0.15, 0.2) is 0 Å². The minimum atomic E-state index is -0.367. The van der Waals surface area contributed by atoms with Crippen LogP contribution in [-0.4, -0.2) is 42.1 Å². The Morgan fingerprint density at radius 3 is 2.75 bits per heavy atom. The second-order valence-corrected chi connectivity index (χ2v) is 6.69. The minimum absolute atomic E-state index is 0.308. The molecule has 1 aromatic heterocycles. The Morgan fingerprint density at radius 1 is 1.25 bits per heavy atom. The lowest BCUT2D eigenvalue weighted by molar-refractivity contribution is 0.425. The smallest absolute Gasteiger partial charge is 0.224 e. The van der Waals surface area contributed by atoms with Crippen molar-refractivity contribution in [2.45, 2.75) is 18.8 Å². The van der Waals surface area contributed by atoms with Crippen LogP contribution in [-0.2, 0) is 0 Å². The Kier molecular flexibility index (Phi) is 5.16. The van der Waals surface area contributed by atoms with Crippen molar-refractivity contribution in [2.24, 2.45) is 0 Å². The fourth-order valence-corrected chi connectivity index (χ4v) is 2.49. The van der Waals surface area contributed by atoms with Gasteiger partial charge in [-0.2, -0.15) is 4.98 Å². The van der Waals surface area contributed by atoms with Crippen LogP contribution in [0.3, 0.4) is 0 Å². The average Bonchev–Trinajstić information content (AvgIpc) is 3.35. The van der Waals surface area contributed by atoms with Crippen molar-refractivity contribution in [3.8, 4) is 0 Å². The Morgan fingerprint density at radius 2 is 2.04 bits per heavy atom. The number of benzene rings is 1. The summed E-state index contributed by atoms with van der Waals surface area (Å²) in [7, 11) is 4.02. The maximum absolute atomic E-state index is 13.9. The van der Waals surface area contributed by atoms with Crippen LogP contribution in [0, 0.1) is 5.82 Å². The summed E-state index contributed by atoms with van der Waals surface area (Å²) in [5.74, 6) is 1.24. The molecule has 128 valence electrons. The molecule has 5 nitrogen and oxygen atoms in total. The molecule has 1 aliphatic rings. The van der Waals surface area contributed by atoms with Crippen molar-refractivity contribution in [1.82, 2.24) is 14.9 Å².